The van der Waals surface area contributed by atoms with Crippen molar-refractivity contribution < 1.29 is 9.47 Å². The second-order valence-corrected chi connectivity index (χ2v) is 7.18. The van der Waals surface area contributed by atoms with Gasteiger partial charge in [-0.2, -0.15) is 0 Å². The molecule has 0 N–H and O–H groups in total. The SMILES string of the molecule is CCCc1cnc2c(c1SCCC1OCCO1)c(=O)n(C)c(=O)n2C. The van der Waals surface area contributed by atoms with Crippen LogP contribution >= 0.6 is 11.8 Å². The predicted octanol–water partition coefficient (Wildman–Crippen LogP) is 1.44. The molecule has 0 amide bonds. The van der Waals surface area contributed by atoms with Crippen LogP contribution in [0.4, 0.5) is 0 Å². The fourth-order valence-corrected chi connectivity index (χ4v) is 4.16. The number of hydrogen-bond acceptors (Lipinski definition) is 6. The second-order valence-electron chi connectivity index (χ2n) is 6.08. The van der Waals surface area contributed by atoms with Crippen molar-refractivity contribution in [2.24, 2.45) is 14.1 Å². The Morgan fingerprint density at radius 1 is 1.24 bits per heavy atom. The molecule has 3 heterocycles. The number of aryl methyl sites for hydroxylation is 2. The quantitative estimate of drug-likeness (QED) is 0.721. The van der Waals surface area contributed by atoms with E-state index in [9.17, 15) is 9.59 Å². The number of hydrogen-bond donors (Lipinski definition) is 0. The van der Waals surface area contributed by atoms with Crippen molar-refractivity contribution in [3.63, 3.8) is 0 Å². The molecule has 2 aromatic rings. The van der Waals surface area contributed by atoms with Gasteiger partial charge in [0.15, 0.2) is 6.29 Å². The van der Waals surface area contributed by atoms with E-state index in [1.54, 1.807) is 25.0 Å². The second kappa shape index (κ2) is 7.72. The summed E-state index contributed by atoms with van der Waals surface area (Å²) in [6.45, 7) is 3.37. The van der Waals surface area contributed by atoms with E-state index in [-0.39, 0.29) is 17.5 Å². The summed E-state index contributed by atoms with van der Waals surface area (Å²) >= 11 is 1.61. The number of pyridine rings is 1. The molecule has 1 fully saturated rings. The van der Waals surface area contributed by atoms with Gasteiger partial charge in [-0.3, -0.25) is 13.9 Å². The third-order valence-electron chi connectivity index (χ3n) is 4.31. The first-order valence-electron chi connectivity index (χ1n) is 8.48. The third kappa shape index (κ3) is 3.51. The summed E-state index contributed by atoms with van der Waals surface area (Å²) in [4.78, 5) is 30.2. The van der Waals surface area contributed by atoms with E-state index < -0.39 is 0 Å². The predicted molar refractivity (Wildman–Crippen MR) is 97.3 cm³/mol. The molecule has 0 aromatic carbocycles. The van der Waals surface area contributed by atoms with Crippen molar-refractivity contribution in [2.75, 3.05) is 19.0 Å². The first kappa shape index (κ1) is 18.2. The lowest BCUT2D eigenvalue weighted by atomic mass is 10.1. The van der Waals surface area contributed by atoms with Crippen molar-refractivity contribution in [2.45, 2.75) is 37.4 Å². The number of rotatable bonds is 6. The van der Waals surface area contributed by atoms with Crippen molar-refractivity contribution >= 4 is 22.8 Å². The van der Waals surface area contributed by atoms with Crippen LogP contribution in [0, 0.1) is 0 Å². The summed E-state index contributed by atoms with van der Waals surface area (Å²) in [5.74, 6) is 0.770. The molecule has 136 valence electrons. The van der Waals surface area contributed by atoms with Crippen molar-refractivity contribution in [1.29, 1.82) is 0 Å². The average molecular weight is 365 g/mol. The highest BCUT2D eigenvalue weighted by atomic mass is 32.2. The summed E-state index contributed by atoms with van der Waals surface area (Å²) in [7, 11) is 3.15. The van der Waals surface area contributed by atoms with Crippen LogP contribution in [0.2, 0.25) is 0 Å². The van der Waals surface area contributed by atoms with Crippen LogP contribution in [-0.2, 0) is 30.0 Å². The Labute approximate surface area is 150 Å². The molecule has 0 saturated carbocycles. The minimum absolute atomic E-state index is 0.164. The van der Waals surface area contributed by atoms with Gasteiger partial charge in [-0.05, 0) is 12.0 Å². The van der Waals surface area contributed by atoms with Gasteiger partial charge in [0.25, 0.3) is 5.56 Å². The van der Waals surface area contributed by atoms with E-state index >= 15 is 0 Å². The van der Waals surface area contributed by atoms with Crippen molar-refractivity contribution in [3.8, 4) is 0 Å². The zero-order chi connectivity index (χ0) is 18.0. The molecule has 0 aliphatic carbocycles. The van der Waals surface area contributed by atoms with Gasteiger partial charge in [-0.1, -0.05) is 13.3 Å². The van der Waals surface area contributed by atoms with E-state index in [2.05, 4.69) is 11.9 Å². The Balaban J connectivity index is 2.04. The van der Waals surface area contributed by atoms with Crippen molar-refractivity contribution in [1.82, 2.24) is 14.1 Å². The standard InChI is InChI=1S/C17H23N3O4S/c1-4-5-11-10-18-15-13(16(21)20(3)17(22)19(15)2)14(11)25-9-6-12-23-7-8-24-12/h10,12H,4-9H2,1-3H3. The van der Waals surface area contributed by atoms with Crippen LogP contribution in [0.1, 0.15) is 25.3 Å². The van der Waals surface area contributed by atoms with E-state index in [1.807, 2.05) is 0 Å². The van der Waals surface area contributed by atoms with Gasteiger partial charge < -0.3 is 9.47 Å². The Hall–Kier alpha value is -1.64. The smallest absolute Gasteiger partial charge is 0.332 e. The van der Waals surface area contributed by atoms with E-state index in [0.29, 0.717) is 24.2 Å². The molecule has 7 nitrogen and oxygen atoms in total. The van der Waals surface area contributed by atoms with Gasteiger partial charge in [0.05, 0.1) is 18.6 Å². The molecule has 3 rings (SSSR count). The van der Waals surface area contributed by atoms with E-state index in [0.717, 1.165) is 40.0 Å². The lowest BCUT2D eigenvalue weighted by Gasteiger charge is -2.15. The molecule has 25 heavy (non-hydrogen) atoms. The largest absolute Gasteiger partial charge is 0.350 e. The van der Waals surface area contributed by atoms with E-state index in [1.165, 1.54) is 11.6 Å². The number of fused-ring (bicyclic) bond motifs is 1. The zero-order valence-electron chi connectivity index (χ0n) is 14.8. The monoisotopic (exact) mass is 365 g/mol. The van der Waals surface area contributed by atoms with Crippen molar-refractivity contribution in [3.05, 3.63) is 32.6 Å². The van der Waals surface area contributed by atoms with Gasteiger partial charge in [0.2, 0.25) is 0 Å². The van der Waals surface area contributed by atoms with Gasteiger partial charge >= 0.3 is 5.69 Å². The summed E-state index contributed by atoms with van der Waals surface area (Å²) in [5, 5.41) is 0.522. The Morgan fingerprint density at radius 3 is 2.64 bits per heavy atom. The van der Waals surface area contributed by atoms with Crippen LogP contribution in [0.5, 0.6) is 0 Å². The van der Waals surface area contributed by atoms with Crippen LogP contribution in [0.15, 0.2) is 20.7 Å². The van der Waals surface area contributed by atoms with Gasteiger partial charge in [0.1, 0.15) is 5.65 Å². The van der Waals surface area contributed by atoms with Crippen LogP contribution in [0.3, 0.4) is 0 Å². The molecule has 2 aromatic heterocycles. The topological polar surface area (TPSA) is 75.3 Å². The molecule has 1 aliphatic heterocycles. The molecular formula is C17H23N3O4S. The highest BCUT2D eigenvalue weighted by molar-refractivity contribution is 7.99. The molecule has 0 bridgehead atoms. The highest BCUT2D eigenvalue weighted by Gasteiger charge is 2.19. The summed E-state index contributed by atoms with van der Waals surface area (Å²) in [5.41, 5.74) is 0.823. The summed E-state index contributed by atoms with van der Waals surface area (Å²) in [6.07, 6.45) is 4.18. The molecule has 0 radical (unpaired) electrons. The number of ether oxygens (including phenoxy) is 2. The summed E-state index contributed by atoms with van der Waals surface area (Å²) < 4.78 is 13.5. The third-order valence-corrected chi connectivity index (χ3v) is 5.50. The first-order chi connectivity index (χ1) is 12.0. The molecular weight excluding hydrogens is 342 g/mol. The maximum absolute atomic E-state index is 12.7. The molecule has 8 heteroatoms. The average Bonchev–Trinajstić information content (AvgIpc) is 3.12. The molecule has 0 unspecified atom stereocenters. The lowest BCUT2D eigenvalue weighted by molar-refractivity contribution is -0.0421. The molecule has 0 atom stereocenters. The number of thioether (sulfide) groups is 1. The molecule has 0 spiro atoms. The van der Waals surface area contributed by atoms with Crippen LogP contribution in [-0.4, -0.2) is 39.4 Å². The van der Waals surface area contributed by atoms with Crippen LogP contribution < -0.4 is 11.2 Å². The fourth-order valence-electron chi connectivity index (χ4n) is 2.98. The minimum atomic E-state index is -0.364. The molecule has 1 aliphatic rings. The maximum Gasteiger partial charge on any atom is 0.332 e. The fraction of sp³-hybridized carbons (Fsp3) is 0.588. The Bertz CT molecular complexity index is 884. The first-order valence-corrected chi connectivity index (χ1v) is 9.46. The van der Waals surface area contributed by atoms with Crippen LogP contribution in [0.25, 0.3) is 11.0 Å². The number of aromatic nitrogens is 3. The Kier molecular flexibility index (Phi) is 5.61. The van der Waals surface area contributed by atoms with Gasteiger partial charge in [-0.25, -0.2) is 9.78 Å². The van der Waals surface area contributed by atoms with Gasteiger partial charge in [0, 0.05) is 37.4 Å². The lowest BCUT2D eigenvalue weighted by Crippen LogP contribution is -2.37. The number of nitrogens with zero attached hydrogens (tertiary/aromatic N) is 3. The molecule has 1 saturated heterocycles. The minimum Gasteiger partial charge on any atom is -0.350 e. The van der Waals surface area contributed by atoms with Gasteiger partial charge in [-0.15, -0.1) is 11.8 Å². The highest BCUT2D eigenvalue weighted by Crippen LogP contribution is 2.30. The zero-order valence-corrected chi connectivity index (χ0v) is 15.6. The maximum atomic E-state index is 12.7. The Morgan fingerprint density at radius 2 is 1.96 bits per heavy atom. The summed E-state index contributed by atoms with van der Waals surface area (Å²) in [6, 6.07) is 0. The van der Waals surface area contributed by atoms with E-state index in [4.69, 9.17) is 9.47 Å². The normalized spacial score (nSPS) is 15.3.